The Bertz CT molecular complexity index is 1810. The Morgan fingerprint density at radius 1 is 0.259 bits per heavy atom. The molecule has 0 rings (SSSR count). The van der Waals surface area contributed by atoms with Gasteiger partial charge in [0.2, 0.25) is 0 Å². The summed E-state index contributed by atoms with van der Waals surface area (Å²) in [6.07, 6.45) is 98.1. The second-order valence-electron chi connectivity index (χ2n) is 21.3. The van der Waals surface area contributed by atoms with Crippen molar-refractivity contribution in [2.45, 2.75) is 284 Å². The van der Waals surface area contributed by atoms with Crippen molar-refractivity contribution in [1.82, 2.24) is 0 Å². The smallest absolute Gasteiger partial charge is 0.306 e. The molecule has 6 nitrogen and oxygen atoms in total. The van der Waals surface area contributed by atoms with Crippen LogP contribution in [0.5, 0.6) is 0 Å². The van der Waals surface area contributed by atoms with Crippen LogP contribution in [0.4, 0.5) is 0 Å². The van der Waals surface area contributed by atoms with Gasteiger partial charge in [-0.2, -0.15) is 0 Å². The first-order valence-electron chi connectivity index (χ1n) is 33.0. The zero-order chi connectivity index (χ0) is 58.5. The third kappa shape index (κ3) is 65.7. The number of hydrogen-bond acceptors (Lipinski definition) is 6. The largest absolute Gasteiger partial charge is 0.462 e. The van der Waals surface area contributed by atoms with Crippen molar-refractivity contribution in [3.8, 4) is 0 Å². The molecule has 0 radical (unpaired) electrons. The van der Waals surface area contributed by atoms with Crippen LogP contribution in [0.3, 0.4) is 0 Å². The van der Waals surface area contributed by atoms with E-state index in [1.165, 1.54) is 77.0 Å². The molecule has 0 saturated carbocycles. The van der Waals surface area contributed by atoms with E-state index in [1.54, 1.807) is 0 Å². The predicted octanol–water partition coefficient (Wildman–Crippen LogP) is 22.9. The van der Waals surface area contributed by atoms with E-state index in [1.807, 2.05) is 0 Å². The van der Waals surface area contributed by atoms with Crippen molar-refractivity contribution in [2.75, 3.05) is 13.2 Å². The Morgan fingerprint density at radius 3 is 0.753 bits per heavy atom. The SMILES string of the molecule is CC/C=C\C/C=C\C/C=C\C/C=C\C/C=C\C/C=C\C/C=C\CCCCCCCCCC(=O)OCC(COC(=O)CCCCCCCCC/C=C\C/C=C\CCCCC)OC(=O)CCCCCC/C=C\C/C=C\C/C=C\C/C=C\CC. The minimum Gasteiger partial charge on any atom is -0.462 e. The van der Waals surface area contributed by atoms with Crippen LogP contribution in [-0.2, 0) is 28.6 Å². The first-order valence-corrected chi connectivity index (χ1v) is 33.0. The van der Waals surface area contributed by atoms with E-state index in [0.717, 1.165) is 161 Å². The van der Waals surface area contributed by atoms with Crippen molar-refractivity contribution >= 4 is 17.9 Å². The van der Waals surface area contributed by atoms with Crippen molar-refractivity contribution < 1.29 is 28.6 Å². The van der Waals surface area contributed by atoms with Gasteiger partial charge in [-0.15, -0.1) is 0 Å². The number of hydrogen-bond donors (Lipinski definition) is 0. The lowest BCUT2D eigenvalue weighted by Crippen LogP contribution is -2.30. The second-order valence-corrected chi connectivity index (χ2v) is 21.3. The molecule has 81 heavy (non-hydrogen) atoms. The maximum absolute atomic E-state index is 12.9. The van der Waals surface area contributed by atoms with Crippen molar-refractivity contribution in [3.63, 3.8) is 0 Å². The van der Waals surface area contributed by atoms with Gasteiger partial charge in [0.05, 0.1) is 0 Å². The Kier molecular flexibility index (Phi) is 63.4. The standard InChI is InChI=1S/C75H120O6/c1-4-7-10-13-16-19-22-25-28-31-32-33-34-35-36-37-38-39-40-41-42-45-47-50-53-56-59-62-65-68-74(77)80-71-72(81-75(78)69-66-63-60-57-54-51-48-44-30-27-24-21-18-15-12-9-6-3)70-79-73(76)67-64-61-58-55-52-49-46-43-29-26-23-20-17-14-11-8-5-2/h7,9-10,12,16-21,25-30,32-33,35-36,38-39,41-42,48,51,72H,4-6,8,11,13-15,22-24,31,34,37,40,43-47,49-50,52-71H2,1-3H3/b10-7-,12-9-,19-16-,20-17-,21-18-,28-25-,29-26-,30-27-,33-32-,36-35-,39-38-,42-41-,51-48-. The summed E-state index contributed by atoms with van der Waals surface area (Å²) >= 11 is 0. The zero-order valence-corrected chi connectivity index (χ0v) is 52.2. The quantitative estimate of drug-likeness (QED) is 0.0261. The van der Waals surface area contributed by atoms with E-state index in [-0.39, 0.29) is 37.5 Å². The van der Waals surface area contributed by atoms with E-state index in [2.05, 4.69) is 179 Å². The van der Waals surface area contributed by atoms with E-state index in [9.17, 15) is 14.4 Å². The molecule has 0 fully saturated rings. The van der Waals surface area contributed by atoms with Gasteiger partial charge in [-0.25, -0.2) is 0 Å². The highest BCUT2D eigenvalue weighted by atomic mass is 16.6. The predicted molar refractivity (Wildman–Crippen MR) is 352 cm³/mol. The Hall–Kier alpha value is -4.97. The summed E-state index contributed by atoms with van der Waals surface area (Å²) in [5.41, 5.74) is 0. The molecule has 0 bridgehead atoms. The first-order chi connectivity index (χ1) is 40.0. The average molecular weight is 1120 g/mol. The lowest BCUT2D eigenvalue weighted by atomic mass is 10.1. The van der Waals surface area contributed by atoms with Gasteiger partial charge in [-0.1, -0.05) is 269 Å². The molecule has 456 valence electrons. The maximum Gasteiger partial charge on any atom is 0.306 e. The molecule has 0 aromatic carbocycles. The van der Waals surface area contributed by atoms with Gasteiger partial charge in [0.15, 0.2) is 6.10 Å². The fourth-order valence-corrected chi connectivity index (χ4v) is 8.62. The van der Waals surface area contributed by atoms with E-state index in [4.69, 9.17) is 14.2 Å². The van der Waals surface area contributed by atoms with Crippen molar-refractivity contribution in [3.05, 3.63) is 158 Å². The van der Waals surface area contributed by atoms with Gasteiger partial charge >= 0.3 is 17.9 Å². The fourth-order valence-electron chi connectivity index (χ4n) is 8.62. The zero-order valence-electron chi connectivity index (χ0n) is 52.2. The molecule has 0 amide bonds. The molecular formula is C75H120O6. The molecule has 1 atom stereocenters. The van der Waals surface area contributed by atoms with E-state index in [0.29, 0.717) is 12.8 Å². The van der Waals surface area contributed by atoms with Crippen LogP contribution in [0, 0.1) is 0 Å². The van der Waals surface area contributed by atoms with Gasteiger partial charge in [-0.3, -0.25) is 14.4 Å². The highest BCUT2D eigenvalue weighted by Gasteiger charge is 2.19. The lowest BCUT2D eigenvalue weighted by Gasteiger charge is -2.18. The van der Waals surface area contributed by atoms with Crippen LogP contribution in [0.1, 0.15) is 278 Å². The summed E-state index contributed by atoms with van der Waals surface area (Å²) in [6.45, 7) is 6.35. The molecule has 0 saturated heterocycles. The topological polar surface area (TPSA) is 78.9 Å². The van der Waals surface area contributed by atoms with Gasteiger partial charge in [0.25, 0.3) is 0 Å². The summed E-state index contributed by atoms with van der Waals surface area (Å²) in [5.74, 6) is -0.945. The van der Waals surface area contributed by atoms with Gasteiger partial charge in [0.1, 0.15) is 13.2 Å². The molecule has 0 aromatic rings. The molecular weight excluding hydrogens is 997 g/mol. The number of unbranched alkanes of at least 4 members (excludes halogenated alkanes) is 21. The molecule has 0 N–H and O–H groups in total. The number of esters is 3. The third-order valence-corrected chi connectivity index (χ3v) is 13.5. The summed E-state index contributed by atoms with van der Waals surface area (Å²) in [6, 6.07) is 0. The van der Waals surface area contributed by atoms with Crippen LogP contribution in [0.25, 0.3) is 0 Å². The van der Waals surface area contributed by atoms with Crippen LogP contribution >= 0.6 is 0 Å². The maximum atomic E-state index is 12.9. The number of carbonyl (C=O) groups is 3. The molecule has 0 aliphatic rings. The Balaban J connectivity index is 4.43. The number of carbonyl (C=O) groups excluding carboxylic acids is 3. The third-order valence-electron chi connectivity index (χ3n) is 13.5. The summed E-state index contributed by atoms with van der Waals surface area (Å²) in [7, 11) is 0. The van der Waals surface area contributed by atoms with Crippen LogP contribution in [-0.4, -0.2) is 37.2 Å². The molecule has 6 heteroatoms. The van der Waals surface area contributed by atoms with Crippen LogP contribution < -0.4 is 0 Å². The van der Waals surface area contributed by atoms with Gasteiger partial charge in [0, 0.05) is 19.3 Å². The summed E-state index contributed by atoms with van der Waals surface area (Å²) < 4.78 is 16.9. The first kappa shape index (κ1) is 76.0. The number of rotatable bonds is 58. The average Bonchev–Trinajstić information content (AvgIpc) is 3.47. The molecule has 0 aliphatic carbocycles. The monoisotopic (exact) mass is 1120 g/mol. The molecule has 0 aromatic heterocycles. The van der Waals surface area contributed by atoms with Crippen LogP contribution in [0.15, 0.2) is 158 Å². The van der Waals surface area contributed by atoms with Gasteiger partial charge in [-0.05, 0) is 148 Å². The summed E-state index contributed by atoms with van der Waals surface area (Å²) in [4.78, 5) is 38.4. The van der Waals surface area contributed by atoms with Crippen molar-refractivity contribution in [1.29, 1.82) is 0 Å². The fraction of sp³-hybridized carbons (Fsp3) is 0.613. The summed E-state index contributed by atoms with van der Waals surface area (Å²) in [5, 5.41) is 0. The lowest BCUT2D eigenvalue weighted by molar-refractivity contribution is -0.167. The van der Waals surface area contributed by atoms with Gasteiger partial charge < -0.3 is 14.2 Å². The highest BCUT2D eigenvalue weighted by molar-refractivity contribution is 5.71. The molecule has 0 aliphatic heterocycles. The molecule has 1 unspecified atom stereocenters. The minimum atomic E-state index is -0.808. The molecule has 0 spiro atoms. The van der Waals surface area contributed by atoms with Crippen LogP contribution in [0.2, 0.25) is 0 Å². The second kappa shape index (κ2) is 67.5. The van der Waals surface area contributed by atoms with E-state index >= 15 is 0 Å². The number of ether oxygens (including phenoxy) is 3. The van der Waals surface area contributed by atoms with E-state index < -0.39 is 6.10 Å². The minimum absolute atomic E-state index is 0.102. The molecule has 0 heterocycles. The number of allylic oxidation sites excluding steroid dienone is 26. The van der Waals surface area contributed by atoms with Crippen molar-refractivity contribution in [2.24, 2.45) is 0 Å². The normalized spacial score (nSPS) is 13.2. The Morgan fingerprint density at radius 2 is 0.481 bits per heavy atom. The highest BCUT2D eigenvalue weighted by Crippen LogP contribution is 2.14. The Labute approximate surface area is 499 Å².